The van der Waals surface area contributed by atoms with Gasteiger partial charge in [-0.25, -0.2) is 0 Å². The molecule has 4 heteroatoms. The number of aromatic nitrogens is 1. The summed E-state index contributed by atoms with van der Waals surface area (Å²) in [5, 5.41) is 14.0. The largest absolute Gasteiger partial charge is 0.868 e. The Kier molecular flexibility index (Phi) is 6.57. The summed E-state index contributed by atoms with van der Waals surface area (Å²) in [6.45, 7) is 2.23. The van der Waals surface area contributed by atoms with Gasteiger partial charge in [-0.3, -0.25) is 9.59 Å². The normalized spacial score (nSPS) is 19.5. The fraction of sp³-hybridized carbons (Fsp3) is 0.324. The molecule has 4 aliphatic carbocycles. The third-order valence-corrected chi connectivity index (χ3v) is 8.45. The number of carbonyl (C=O) groups is 2. The van der Waals surface area contributed by atoms with E-state index in [1.54, 1.807) is 17.0 Å². The molecular formula is C34H33NO3. The zero-order valence-electron chi connectivity index (χ0n) is 21.9. The van der Waals surface area contributed by atoms with E-state index in [-0.39, 0.29) is 23.3 Å². The number of unbranched alkanes of at least 4 members (excludes halogenated alkanes) is 6. The van der Waals surface area contributed by atoms with Crippen LogP contribution in [0, 0.1) is 0 Å². The van der Waals surface area contributed by atoms with E-state index in [0.29, 0.717) is 11.1 Å². The van der Waals surface area contributed by atoms with Crippen LogP contribution in [0.4, 0.5) is 0 Å². The molecule has 7 rings (SSSR count). The summed E-state index contributed by atoms with van der Waals surface area (Å²) < 4.78 is 1.56. The first-order valence-corrected chi connectivity index (χ1v) is 14.0. The predicted molar refractivity (Wildman–Crippen MR) is 145 cm³/mol. The van der Waals surface area contributed by atoms with Gasteiger partial charge in [-0.1, -0.05) is 94.0 Å². The molecule has 0 unspecified atom stereocenters. The van der Waals surface area contributed by atoms with Crippen LogP contribution >= 0.6 is 0 Å². The van der Waals surface area contributed by atoms with E-state index < -0.39 is 11.6 Å². The van der Waals surface area contributed by atoms with Gasteiger partial charge in [-0.05, 0) is 52.0 Å². The molecule has 0 spiro atoms. The van der Waals surface area contributed by atoms with Crippen LogP contribution in [-0.4, -0.2) is 11.6 Å². The van der Waals surface area contributed by atoms with Gasteiger partial charge in [-0.15, -0.1) is 0 Å². The molecule has 0 amide bonds. The number of carbonyl (C=O) groups excluding carboxylic acids is 2. The molecular weight excluding hydrogens is 470 g/mol. The highest BCUT2D eigenvalue weighted by atomic mass is 16.3. The molecule has 0 aliphatic heterocycles. The van der Waals surface area contributed by atoms with Crippen molar-refractivity contribution in [2.45, 2.75) is 70.1 Å². The van der Waals surface area contributed by atoms with Gasteiger partial charge < -0.3 is 5.11 Å². The maximum Gasteiger partial charge on any atom is 0.296 e. The van der Waals surface area contributed by atoms with E-state index in [4.69, 9.17) is 0 Å². The summed E-state index contributed by atoms with van der Waals surface area (Å²) in [6, 6.07) is 19.9. The first kappa shape index (κ1) is 24.5. The van der Waals surface area contributed by atoms with E-state index in [0.717, 1.165) is 35.1 Å². The molecule has 0 radical (unpaired) electrons. The maximum atomic E-state index is 14.0. The molecule has 0 saturated carbocycles. The molecule has 0 atom stereocenters. The molecule has 38 heavy (non-hydrogen) atoms. The predicted octanol–water partition coefficient (Wildman–Crippen LogP) is 5.54. The number of benzene rings is 2. The smallest absolute Gasteiger partial charge is 0.296 e. The minimum atomic E-state index is -0.707. The Balaban J connectivity index is 1.31. The molecule has 1 aromatic heterocycles. The molecule has 3 aromatic rings. The van der Waals surface area contributed by atoms with Crippen LogP contribution in [-0.2, 0) is 16.0 Å². The highest BCUT2D eigenvalue weighted by molar-refractivity contribution is 6.57. The number of hydrogen-bond donors (Lipinski definition) is 0. The highest BCUT2D eigenvalue weighted by Crippen LogP contribution is 2.57. The zero-order chi connectivity index (χ0) is 26.2. The number of allylic oxidation sites excluding steroid dienone is 3. The van der Waals surface area contributed by atoms with Crippen molar-refractivity contribution in [3.05, 3.63) is 118 Å². The average molecular weight is 504 g/mol. The lowest BCUT2D eigenvalue weighted by molar-refractivity contribution is -0.582. The second kappa shape index (κ2) is 10.2. The van der Waals surface area contributed by atoms with Crippen LogP contribution in [0.5, 0.6) is 0 Å². The van der Waals surface area contributed by atoms with Crippen LogP contribution in [0.25, 0.3) is 5.70 Å². The number of pyridine rings is 1. The van der Waals surface area contributed by atoms with Gasteiger partial charge in [0.15, 0.2) is 12.4 Å². The van der Waals surface area contributed by atoms with Gasteiger partial charge in [0.1, 0.15) is 0 Å². The van der Waals surface area contributed by atoms with Crippen molar-refractivity contribution in [2.24, 2.45) is 0 Å². The lowest BCUT2D eigenvalue weighted by atomic mass is 9.58. The fourth-order valence-electron chi connectivity index (χ4n) is 6.60. The van der Waals surface area contributed by atoms with Crippen molar-refractivity contribution < 1.29 is 19.3 Å². The van der Waals surface area contributed by atoms with Gasteiger partial charge in [0.2, 0.25) is 5.78 Å². The Morgan fingerprint density at radius 3 is 1.71 bits per heavy atom. The lowest BCUT2D eigenvalue weighted by Gasteiger charge is -2.45. The van der Waals surface area contributed by atoms with Crippen molar-refractivity contribution in [1.29, 1.82) is 0 Å². The molecule has 0 fully saturated rings. The Labute approximate surface area is 224 Å². The SMILES string of the molecule is CCCCCCCCCc1cc[n+](C2=C([O-])C3=C(C(=O)C2=O)C2c4ccccc4C3c3ccccc32)cc1. The first-order valence-electron chi connectivity index (χ1n) is 14.0. The zero-order valence-corrected chi connectivity index (χ0v) is 21.9. The summed E-state index contributed by atoms with van der Waals surface area (Å²) >= 11 is 0. The van der Waals surface area contributed by atoms with Crippen LogP contribution in [0.2, 0.25) is 0 Å². The summed E-state index contributed by atoms with van der Waals surface area (Å²) in [4.78, 5) is 27.1. The van der Waals surface area contributed by atoms with Crippen LogP contribution in [0.15, 0.2) is 90.0 Å². The molecule has 192 valence electrons. The van der Waals surface area contributed by atoms with E-state index in [1.807, 2.05) is 60.7 Å². The van der Waals surface area contributed by atoms with Crippen LogP contribution in [0.1, 0.15) is 91.5 Å². The topological polar surface area (TPSA) is 61.1 Å². The molecule has 4 nitrogen and oxygen atoms in total. The van der Waals surface area contributed by atoms with Crippen molar-refractivity contribution >= 4 is 17.3 Å². The minimum absolute atomic E-state index is 0.0567. The first-order chi connectivity index (χ1) is 18.6. The van der Waals surface area contributed by atoms with Crippen LogP contribution < -0.4 is 9.67 Å². The molecule has 1 heterocycles. The second-order valence-electron chi connectivity index (χ2n) is 10.8. The van der Waals surface area contributed by atoms with Crippen LogP contribution in [0.3, 0.4) is 0 Å². The van der Waals surface area contributed by atoms with Gasteiger partial charge in [0, 0.05) is 29.5 Å². The van der Waals surface area contributed by atoms with E-state index in [2.05, 4.69) is 6.92 Å². The number of rotatable bonds is 9. The number of nitrogens with zero attached hydrogens (tertiary/aromatic N) is 1. The van der Waals surface area contributed by atoms with Crippen molar-refractivity contribution in [3.8, 4) is 0 Å². The van der Waals surface area contributed by atoms with Crippen molar-refractivity contribution in [3.63, 3.8) is 0 Å². The monoisotopic (exact) mass is 503 g/mol. The Bertz CT molecular complexity index is 1430. The van der Waals surface area contributed by atoms with Gasteiger partial charge in [0.05, 0.1) is 0 Å². The molecule has 0 N–H and O–H groups in total. The summed E-state index contributed by atoms with van der Waals surface area (Å²) in [7, 11) is 0. The maximum absolute atomic E-state index is 14.0. The third kappa shape index (κ3) is 3.94. The van der Waals surface area contributed by atoms with Crippen molar-refractivity contribution in [1.82, 2.24) is 0 Å². The molecule has 4 aliphatic rings. The standard InChI is InChI=1S/C34H33NO3/c1-2-3-4-5-6-7-8-13-22-18-20-35(21-19-22)31-32(36)29-27-23-14-9-11-16-25(23)28(30(29)33(37)34(31)38)26-17-12-10-15-24(26)27/h9-12,14-21,27-28H,2-8,13H2,1H3. The summed E-state index contributed by atoms with van der Waals surface area (Å²) in [6.07, 6.45) is 13.3. The summed E-state index contributed by atoms with van der Waals surface area (Å²) in [5.74, 6) is -2.29. The Morgan fingerprint density at radius 2 is 1.16 bits per heavy atom. The van der Waals surface area contributed by atoms with Gasteiger partial charge >= 0.3 is 0 Å². The average Bonchev–Trinajstić information content (AvgIpc) is 2.96. The number of Topliss-reactive ketones (excluding diaryl/α,β-unsaturated/α-hetero) is 2. The summed E-state index contributed by atoms with van der Waals surface area (Å²) in [5.41, 5.74) is 6.13. The van der Waals surface area contributed by atoms with E-state index in [1.165, 1.54) is 44.1 Å². The second-order valence-corrected chi connectivity index (χ2v) is 10.8. The fourth-order valence-corrected chi connectivity index (χ4v) is 6.60. The Hall–Kier alpha value is -3.79. The highest BCUT2D eigenvalue weighted by Gasteiger charge is 2.50. The number of aryl methyl sites for hydroxylation is 1. The van der Waals surface area contributed by atoms with E-state index in [9.17, 15) is 14.7 Å². The molecule has 2 bridgehead atoms. The number of ketones is 2. The quantitative estimate of drug-likeness (QED) is 0.167. The molecule has 2 aromatic carbocycles. The minimum Gasteiger partial charge on any atom is -0.868 e. The van der Waals surface area contributed by atoms with E-state index >= 15 is 0 Å². The van der Waals surface area contributed by atoms with Gasteiger partial charge in [-0.2, -0.15) is 4.57 Å². The lowest BCUT2D eigenvalue weighted by Crippen LogP contribution is -2.47. The third-order valence-electron chi connectivity index (χ3n) is 8.45. The Morgan fingerprint density at radius 1 is 0.658 bits per heavy atom. The molecule has 0 saturated heterocycles. The van der Waals surface area contributed by atoms with Crippen molar-refractivity contribution in [2.75, 3.05) is 0 Å². The van der Waals surface area contributed by atoms with Gasteiger partial charge in [0.25, 0.3) is 11.5 Å². The number of hydrogen-bond acceptors (Lipinski definition) is 3.